The van der Waals surface area contributed by atoms with Gasteiger partial charge in [-0.05, 0) is 30.3 Å². The number of halogens is 2. The molecule has 2 aromatic carbocycles. The van der Waals surface area contributed by atoms with Crippen LogP contribution in [0.3, 0.4) is 0 Å². The van der Waals surface area contributed by atoms with Gasteiger partial charge in [-0.25, -0.2) is 0 Å². The van der Waals surface area contributed by atoms with Gasteiger partial charge in [0.25, 0.3) is 5.91 Å². The molecule has 0 unspecified atom stereocenters. The SMILES string of the molecule is O=C(COc1cccc(Cl)c1)Nc1ccccc1Cl. The number of nitrogens with one attached hydrogen (secondary N) is 1. The Hall–Kier alpha value is -1.71. The molecule has 1 N–H and O–H groups in total. The standard InChI is InChI=1S/C14H11Cl2NO2/c15-10-4-3-5-11(8-10)19-9-14(18)17-13-7-2-1-6-12(13)16/h1-8H,9H2,(H,17,18). The average molecular weight is 296 g/mol. The van der Waals surface area contributed by atoms with Crippen molar-refractivity contribution in [2.24, 2.45) is 0 Å². The van der Waals surface area contributed by atoms with E-state index in [1.165, 1.54) is 0 Å². The summed E-state index contributed by atoms with van der Waals surface area (Å²) in [6, 6.07) is 13.9. The first kappa shape index (κ1) is 13.7. The molecule has 3 nitrogen and oxygen atoms in total. The lowest BCUT2D eigenvalue weighted by molar-refractivity contribution is -0.118. The van der Waals surface area contributed by atoms with E-state index in [1.807, 2.05) is 0 Å². The van der Waals surface area contributed by atoms with Crippen LogP contribution in [0.25, 0.3) is 0 Å². The van der Waals surface area contributed by atoms with Crippen LogP contribution in [0.15, 0.2) is 48.5 Å². The van der Waals surface area contributed by atoms with Crippen LogP contribution in [0.5, 0.6) is 5.75 Å². The van der Waals surface area contributed by atoms with E-state index in [-0.39, 0.29) is 12.5 Å². The molecule has 0 radical (unpaired) electrons. The highest BCUT2D eigenvalue weighted by Crippen LogP contribution is 2.20. The number of hydrogen-bond donors (Lipinski definition) is 1. The molecule has 0 atom stereocenters. The summed E-state index contributed by atoms with van der Waals surface area (Å²) in [5, 5.41) is 3.71. The van der Waals surface area contributed by atoms with Crippen LogP contribution >= 0.6 is 23.2 Å². The van der Waals surface area contributed by atoms with Crippen molar-refractivity contribution in [1.82, 2.24) is 0 Å². The monoisotopic (exact) mass is 295 g/mol. The van der Waals surface area contributed by atoms with E-state index in [4.69, 9.17) is 27.9 Å². The molecule has 2 aromatic rings. The molecule has 0 aliphatic rings. The first-order valence-corrected chi connectivity index (χ1v) is 6.33. The lowest BCUT2D eigenvalue weighted by Gasteiger charge is -2.08. The Morgan fingerprint density at radius 3 is 2.63 bits per heavy atom. The van der Waals surface area contributed by atoms with Gasteiger partial charge < -0.3 is 10.1 Å². The first-order valence-electron chi connectivity index (χ1n) is 5.58. The van der Waals surface area contributed by atoms with E-state index in [9.17, 15) is 4.79 Å². The van der Waals surface area contributed by atoms with Crippen molar-refractivity contribution in [3.8, 4) is 5.75 Å². The number of para-hydroxylation sites is 1. The van der Waals surface area contributed by atoms with Crippen molar-refractivity contribution in [2.75, 3.05) is 11.9 Å². The Bertz CT molecular complexity index is 587. The second-order valence-electron chi connectivity index (χ2n) is 3.77. The second-order valence-corrected chi connectivity index (χ2v) is 4.62. The van der Waals surface area contributed by atoms with Gasteiger partial charge >= 0.3 is 0 Å². The molecule has 0 spiro atoms. The number of amides is 1. The Kier molecular flexibility index (Phi) is 4.66. The molecule has 1 amide bonds. The maximum absolute atomic E-state index is 11.7. The fraction of sp³-hybridized carbons (Fsp3) is 0.0714. The van der Waals surface area contributed by atoms with Gasteiger partial charge in [0, 0.05) is 5.02 Å². The molecule has 0 aromatic heterocycles. The lowest BCUT2D eigenvalue weighted by atomic mass is 10.3. The third kappa shape index (κ3) is 4.16. The highest BCUT2D eigenvalue weighted by molar-refractivity contribution is 6.33. The summed E-state index contributed by atoms with van der Waals surface area (Å²) >= 11 is 11.7. The largest absolute Gasteiger partial charge is 0.484 e. The zero-order valence-corrected chi connectivity index (χ0v) is 11.4. The van der Waals surface area contributed by atoms with Crippen LogP contribution in [-0.4, -0.2) is 12.5 Å². The second kappa shape index (κ2) is 6.45. The Labute approximate surface area is 121 Å². The number of carbonyl (C=O) groups excluding carboxylic acids is 1. The minimum atomic E-state index is -0.284. The molecular formula is C14H11Cl2NO2. The Morgan fingerprint density at radius 1 is 1.11 bits per heavy atom. The van der Waals surface area contributed by atoms with Gasteiger partial charge in [-0.3, -0.25) is 4.79 Å². The minimum Gasteiger partial charge on any atom is -0.484 e. The molecule has 0 saturated carbocycles. The lowest BCUT2D eigenvalue weighted by Crippen LogP contribution is -2.20. The Balaban J connectivity index is 1.90. The number of anilines is 1. The average Bonchev–Trinajstić information content (AvgIpc) is 2.39. The van der Waals surface area contributed by atoms with E-state index in [2.05, 4.69) is 5.32 Å². The van der Waals surface area contributed by atoms with Crippen LogP contribution in [0.1, 0.15) is 0 Å². The van der Waals surface area contributed by atoms with Gasteiger partial charge in [0.1, 0.15) is 5.75 Å². The van der Waals surface area contributed by atoms with E-state index in [0.717, 1.165) is 0 Å². The highest BCUT2D eigenvalue weighted by Gasteiger charge is 2.06. The summed E-state index contributed by atoms with van der Waals surface area (Å²) in [5.74, 6) is 0.259. The quantitative estimate of drug-likeness (QED) is 0.925. The number of hydrogen-bond acceptors (Lipinski definition) is 2. The summed E-state index contributed by atoms with van der Waals surface area (Å²) in [5.41, 5.74) is 0.559. The summed E-state index contributed by atoms with van der Waals surface area (Å²) in [7, 11) is 0. The molecule has 2 rings (SSSR count). The maximum Gasteiger partial charge on any atom is 0.262 e. The van der Waals surface area contributed by atoms with Crippen molar-refractivity contribution in [1.29, 1.82) is 0 Å². The van der Waals surface area contributed by atoms with Crippen LogP contribution in [-0.2, 0) is 4.79 Å². The predicted octanol–water partition coefficient (Wildman–Crippen LogP) is 4.01. The van der Waals surface area contributed by atoms with E-state index >= 15 is 0 Å². The first-order chi connectivity index (χ1) is 9.15. The van der Waals surface area contributed by atoms with Gasteiger partial charge in [-0.1, -0.05) is 41.4 Å². The van der Waals surface area contributed by atoms with Crippen molar-refractivity contribution in [3.05, 3.63) is 58.6 Å². The van der Waals surface area contributed by atoms with E-state index < -0.39 is 0 Å². The molecule has 0 bridgehead atoms. The highest BCUT2D eigenvalue weighted by atomic mass is 35.5. The number of benzene rings is 2. The molecule has 0 saturated heterocycles. The fourth-order valence-electron chi connectivity index (χ4n) is 1.45. The smallest absolute Gasteiger partial charge is 0.262 e. The van der Waals surface area contributed by atoms with Gasteiger partial charge in [-0.15, -0.1) is 0 Å². The zero-order valence-electron chi connectivity index (χ0n) is 9.90. The molecule has 0 aliphatic heterocycles. The predicted molar refractivity (Wildman–Crippen MR) is 77.0 cm³/mol. The van der Waals surface area contributed by atoms with Gasteiger partial charge in [0.05, 0.1) is 10.7 Å². The molecular weight excluding hydrogens is 285 g/mol. The number of rotatable bonds is 4. The van der Waals surface area contributed by atoms with E-state index in [1.54, 1.807) is 48.5 Å². The van der Waals surface area contributed by atoms with Gasteiger partial charge in [0.15, 0.2) is 6.61 Å². The topological polar surface area (TPSA) is 38.3 Å². The van der Waals surface area contributed by atoms with Gasteiger partial charge in [-0.2, -0.15) is 0 Å². The summed E-state index contributed by atoms with van der Waals surface area (Å²) < 4.78 is 5.32. The molecule has 19 heavy (non-hydrogen) atoms. The number of carbonyl (C=O) groups is 1. The fourth-order valence-corrected chi connectivity index (χ4v) is 1.82. The van der Waals surface area contributed by atoms with Crippen LogP contribution in [0.4, 0.5) is 5.69 Å². The van der Waals surface area contributed by atoms with Crippen LogP contribution in [0, 0.1) is 0 Å². The molecule has 98 valence electrons. The minimum absolute atomic E-state index is 0.106. The third-order valence-electron chi connectivity index (χ3n) is 2.31. The third-order valence-corrected chi connectivity index (χ3v) is 2.88. The van der Waals surface area contributed by atoms with Crippen molar-refractivity contribution in [3.63, 3.8) is 0 Å². The van der Waals surface area contributed by atoms with Crippen molar-refractivity contribution >= 4 is 34.8 Å². The maximum atomic E-state index is 11.7. The summed E-state index contributed by atoms with van der Waals surface area (Å²) in [6.07, 6.45) is 0. The number of ether oxygens (including phenoxy) is 1. The van der Waals surface area contributed by atoms with Crippen LogP contribution < -0.4 is 10.1 Å². The molecule has 0 fully saturated rings. The molecule has 0 aliphatic carbocycles. The zero-order chi connectivity index (χ0) is 13.7. The molecule has 5 heteroatoms. The van der Waals surface area contributed by atoms with Crippen LogP contribution in [0.2, 0.25) is 10.0 Å². The summed E-state index contributed by atoms with van der Waals surface area (Å²) in [4.78, 5) is 11.7. The van der Waals surface area contributed by atoms with Crippen molar-refractivity contribution in [2.45, 2.75) is 0 Å². The summed E-state index contributed by atoms with van der Waals surface area (Å²) in [6.45, 7) is -0.106. The normalized spacial score (nSPS) is 10.0. The van der Waals surface area contributed by atoms with Gasteiger partial charge in [0.2, 0.25) is 0 Å². The Morgan fingerprint density at radius 2 is 1.89 bits per heavy atom. The van der Waals surface area contributed by atoms with Crippen molar-refractivity contribution < 1.29 is 9.53 Å². The molecule has 0 heterocycles. The van der Waals surface area contributed by atoms with E-state index in [0.29, 0.717) is 21.5 Å².